The molecule has 0 saturated carbocycles. The van der Waals surface area contributed by atoms with E-state index in [1.54, 1.807) is 54.8 Å². The number of thiophene rings is 1. The van der Waals surface area contributed by atoms with Gasteiger partial charge in [-0.05, 0) is 64.2 Å². The van der Waals surface area contributed by atoms with Crippen LogP contribution in [0.3, 0.4) is 0 Å². The molecular formula is C24H22N2O4S2. The lowest BCUT2D eigenvalue weighted by atomic mass is 10.1. The van der Waals surface area contributed by atoms with Crippen LogP contribution in [0.5, 0.6) is 5.75 Å². The number of rotatable bonds is 7. The highest BCUT2D eigenvalue weighted by molar-refractivity contribution is 7.94. The van der Waals surface area contributed by atoms with Crippen molar-refractivity contribution in [1.82, 2.24) is 4.90 Å². The molecule has 0 spiro atoms. The molecule has 8 heteroatoms. The number of hydrogen-bond acceptors (Lipinski definition) is 5. The fourth-order valence-electron chi connectivity index (χ4n) is 3.40. The fraction of sp³-hybridized carbons (Fsp3) is 0.125. The molecule has 3 aromatic carbocycles. The number of ether oxygens (including phenoxy) is 1. The normalized spacial score (nSPS) is 11.3. The van der Waals surface area contributed by atoms with Crippen molar-refractivity contribution in [1.29, 1.82) is 0 Å². The van der Waals surface area contributed by atoms with Crippen LogP contribution in [0.25, 0.3) is 10.8 Å². The van der Waals surface area contributed by atoms with E-state index in [0.717, 1.165) is 33.4 Å². The Bertz CT molecular complexity index is 1370. The van der Waals surface area contributed by atoms with Gasteiger partial charge >= 0.3 is 0 Å². The molecule has 1 aromatic heterocycles. The van der Waals surface area contributed by atoms with Crippen molar-refractivity contribution >= 4 is 43.7 Å². The Balaban J connectivity index is 1.49. The van der Waals surface area contributed by atoms with Crippen LogP contribution in [0.2, 0.25) is 0 Å². The Hall–Kier alpha value is -3.36. The number of anilines is 1. The average Bonchev–Trinajstić information content (AvgIpc) is 3.34. The third-order valence-electron chi connectivity index (χ3n) is 5.00. The molecule has 0 unspecified atom stereocenters. The molecule has 1 heterocycles. The Morgan fingerprint density at radius 3 is 2.53 bits per heavy atom. The minimum Gasteiger partial charge on any atom is -0.497 e. The second-order valence-electron chi connectivity index (χ2n) is 7.33. The van der Waals surface area contributed by atoms with Crippen LogP contribution in [-0.4, -0.2) is 33.4 Å². The van der Waals surface area contributed by atoms with Gasteiger partial charge in [0.25, 0.3) is 15.9 Å². The van der Waals surface area contributed by atoms with Gasteiger partial charge in [-0.25, -0.2) is 8.42 Å². The lowest BCUT2D eigenvalue weighted by Crippen LogP contribution is -2.26. The zero-order chi connectivity index (χ0) is 22.7. The standard InChI is InChI=1S/C24H22N2O4S2/c1-26(16-17-8-9-19-15-22(30-2)11-10-18(19)13-17)24(27)20-5-3-6-21(14-20)25-32(28,29)23-7-4-12-31-23/h3-15,25H,16H2,1-2H3. The smallest absolute Gasteiger partial charge is 0.271 e. The zero-order valence-electron chi connectivity index (χ0n) is 17.6. The molecule has 4 rings (SSSR count). The van der Waals surface area contributed by atoms with Gasteiger partial charge in [-0.15, -0.1) is 11.3 Å². The number of sulfonamides is 1. The van der Waals surface area contributed by atoms with Crippen LogP contribution in [0.1, 0.15) is 15.9 Å². The van der Waals surface area contributed by atoms with E-state index in [1.807, 2.05) is 36.4 Å². The Kier molecular flexibility index (Phi) is 6.16. The molecule has 0 saturated heterocycles. The molecule has 0 aliphatic rings. The van der Waals surface area contributed by atoms with Crippen molar-refractivity contribution in [3.8, 4) is 5.75 Å². The van der Waals surface area contributed by atoms with E-state index in [9.17, 15) is 13.2 Å². The van der Waals surface area contributed by atoms with Crippen molar-refractivity contribution in [2.24, 2.45) is 0 Å². The quantitative estimate of drug-likeness (QED) is 0.417. The van der Waals surface area contributed by atoms with E-state index in [0.29, 0.717) is 17.8 Å². The summed E-state index contributed by atoms with van der Waals surface area (Å²) in [5.74, 6) is 0.601. The van der Waals surface area contributed by atoms with Gasteiger partial charge in [0.15, 0.2) is 0 Å². The number of nitrogens with one attached hydrogen (secondary N) is 1. The topological polar surface area (TPSA) is 75.7 Å². The van der Waals surface area contributed by atoms with E-state index in [1.165, 1.54) is 6.07 Å². The Labute approximate surface area is 191 Å². The number of carbonyl (C=O) groups excluding carboxylic acids is 1. The molecule has 1 amide bonds. The first-order chi connectivity index (χ1) is 15.4. The molecule has 0 bridgehead atoms. The second-order valence-corrected chi connectivity index (χ2v) is 10.2. The fourth-order valence-corrected chi connectivity index (χ4v) is 5.44. The Morgan fingerprint density at radius 1 is 1.00 bits per heavy atom. The highest BCUT2D eigenvalue weighted by atomic mass is 32.2. The molecule has 0 fully saturated rings. The molecule has 0 radical (unpaired) electrons. The predicted molar refractivity (Wildman–Crippen MR) is 128 cm³/mol. The Morgan fingerprint density at radius 2 is 1.78 bits per heavy atom. The number of benzene rings is 3. The van der Waals surface area contributed by atoms with Crippen LogP contribution in [0.4, 0.5) is 5.69 Å². The SMILES string of the molecule is COc1ccc2cc(CN(C)C(=O)c3cccc(NS(=O)(=O)c4cccs4)c3)ccc2c1. The first-order valence-corrected chi connectivity index (χ1v) is 12.2. The summed E-state index contributed by atoms with van der Waals surface area (Å²) in [4.78, 5) is 14.6. The van der Waals surface area contributed by atoms with Gasteiger partial charge in [-0.3, -0.25) is 9.52 Å². The monoisotopic (exact) mass is 466 g/mol. The van der Waals surface area contributed by atoms with Gasteiger partial charge in [-0.1, -0.05) is 30.3 Å². The largest absolute Gasteiger partial charge is 0.497 e. The number of amides is 1. The minimum atomic E-state index is -3.67. The van der Waals surface area contributed by atoms with Gasteiger partial charge in [0, 0.05) is 24.8 Å². The lowest BCUT2D eigenvalue weighted by Gasteiger charge is -2.18. The second kappa shape index (κ2) is 9.02. The van der Waals surface area contributed by atoms with Crippen molar-refractivity contribution < 1.29 is 17.9 Å². The first-order valence-electron chi connectivity index (χ1n) is 9.84. The molecule has 4 aromatic rings. The molecule has 0 aliphatic carbocycles. The van der Waals surface area contributed by atoms with Gasteiger partial charge in [-0.2, -0.15) is 0 Å². The predicted octanol–water partition coefficient (Wildman–Crippen LogP) is 4.98. The zero-order valence-corrected chi connectivity index (χ0v) is 19.2. The van der Waals surface area contributed by atoms with Gasteiger partial charge in [0.2, 0.25) is 0 Å². The van der Waals surface area contributed by atoms with Crippen molar-refractivity contribution in [2.75, 3.05) is 18.9 Å². The van der Waals surface area contributed by atoms with Crippen LogP contribution >= 0.6 is 11.3 Å². The van der Waals surface area contributed by atoms with Crippen LogP contribution < -0.4 is 9.46 Å². The van der Waals surface area contributed by atoms with Crippen molar-refractivity contribution in [2.45, 2.75) is 10.8 Å². The maximum Gasteiger partial charge on any atom is 0.271 e. The van der Waals surface area contributed by atoms with E-state index in [-0.39, 0.29) is 10.1 Å². The van der Waals surface area contributed by atoms with Crippen LogP contribution in [-0.2, 0) is 16.6 Å². The van der Waals surface area contributed by atoms with Crippen LogP contribution in [0.15, 0.2) is 82.4 Å². The summed E-state index contributed by atoms with van der Waals surface area (Å²) < 4.78 is 32.9. The molecule has 1 N–H and O–H groups in total. The molecule has 0 aliphatic heterocycles. The van der Waals surface area contributed by atoms with E-state index in [4.69, 9.17) is 4.74 Å². The minimum absolute atomic E-state index is 0.197. The van der Waals surface area contributed by atoms with E-state index >= 15 is 0 Å². The maximum atomic E-state index is 13.0. The highest BCUT2D eigenvalue weighted by Gasteiger charge is 2.17. The number of hydrogen-bond donors (Lipinski definition) is 1. The number of carbonyl (C=O) groups is 1. The van der Waals surface area contributed by atoms with Crippen molar-refractivity contribution in [3.05, 3.63) is 89.3 Å². The van der Waals surface area contributed by atoms with E-state index in [2.05, 4.69) is 4.72 Å². The lowest BCUT2D eigenvalue weighted by molar-refractivity contribution is 0.0785. The first kappa shape index (κ1) is 21.9. The summed E-state index contributed by atoms with van der Waals surface area (Å²) in [6, 6.07) is 21.6. The summed E-state index contributed by atoms with van der Waals surface area (Å²) >= 11 is 1.14. The number of methoxy groups -OCH3 is 1. The average molecular weight is 467 g/mol. The van der Waals surface area contributed by atoms with Crippen LogP contribution in [0, 0.1) is 0 Å². The highest BCUT2D eigenvalue weighted by Crippen LogP contribution is 2.24. The van der Waals surface area contributed by atoms with E-state index < -0.39 is 10.0 Å². The molecule has 6 nitrogen and oxygen atoms in total. The third kappa shape index (κ3) is 4.76. The third-order valence-corrected chi connectivity index (χ3v) is 7.78. The van der Waals surface area contributed by atoms with Gasteiger partial charge in [0.05, 0.1) is 7.11 Å². The molecule has 32 heavy (non-hydrogen) atoms. The summed E-state index contributed by atoms with van der Waals surface area (Å²) in [7, 11) is -0.310. The molecule has 0 atom stereocenters. The van der Waals surface area contributed by atoms with Gasteiger partial charge < -0.3 is 9.64 Å². The number of nitrogens with zero attached hydrogens (tertiary/aromatic N) is 1. The molecular weight excluding hydrogens is 444 g/mol. The van der Waals surface area contributed by atoms with Gasteiger partial charge in [0.1, 0.15) is 9.96 Å². The summed E-state index contributed by atoms with van der Waals surface area (Å²) in [6.45, 7) is 0.423. The maximum absolute atomic E-state index is 13.0. The summed E-state index contributed by atoms with van der Waals surface area (Å²) in [6.07, 6.45) is 0. The van der Waals surface area contributed by atoms with Crippen molar-refractivity contribution in [3.63, 3.8) is 0 Å². The summed E-state index contributed by atoms with van der Waals surface area (Å²) in [5.41, 5.74) is 1.75. The molecule has 164 valence electrons. The summed E-state index contributed by atoms with van der Waals surface area (Å²) in [5, 5.41) is 3.83. The number of fused-ring (bicyclic) bond motifs is 1.